The smallest absolute Gasteiger partial charge is 0.231 e. The van der Waals surface area contributed by atoms with E-state index in [0.717, 1.165) is 28.0 Å². The molecule has 0 unspecified atom stereocenters. The van der Waals surface area contributed by atoms with Gasteiger partial charge in [0.05, 0.1) is 0 Å². The molecule has 5 heteroatoms. The van der Waals surface area contributed by atoms with E-state index in [0.29, 0.717) is 12.7 Å². The molecule has 1 aliphatic rings. The molecule has 0 saturated carbocycles. The van der Waals surface area contributed by atoms with Crippen LogP contribution in [-0.2, 0) is 0 Å². The highest BCUT2D eigenvalue weighted by molar-refractivity contribution is 9.10. The van der Waals surface area contributed by atoms with Crippen LogP contribution in [0.15, 0.2) is 16.6 Å². The minimum atomic E-state index is 0. The lowest BCUT2D eigenvalue weighted by molar-refractivity contribution is 0.174. The monoisotopic (exact) mass is 321 g/mol. The van der Waals surface area contributed by atoms with Crippen molar-refractivity contribution < 1.29 is 9.47 Å². The lowest BCUT2D eigenvalue weighted by Crippen LogP contribution is -2.13. The third-order valence-corrected chi connectivity index (χ3v) is 3.30. The van der Waals surface area contributed by atoms with Crippen molar-refractivity contribution in [3.05, 3.63) is 22.2 Å². The summed E-state index contributed by atoms with van der Waals surface area (Å²) in [6.45, 7) is 4.63. The average Bonchev–Trinajstić information content (AvgIpc) is 2.61. The number of rotatable bonds is 3. The van der Waals surface area contributed by atoms with Crippen LogP contribution in [0.2, 0.25) is 0 Å². The maximum atomic E-state index is 6.16. The van der Waals surface area contributed by atoms with E-state index in [9.17, 15) is 0 Å². The summed E-state index contributed by atoms with van der Waals surface area (Å²) in [6, 6.07) is 3.93. The summed E-state index contributed by atoms with van der Waals surface area (Å²) in [7, 11) is 0. The van der Waals surface area contributed by atoms with Crippen LogP contribution in [0, 0.1) is 5.92 Å². The Balaban J connectivity index is 0.00000144. The fourth-order valence-corrected chi connectivity index (χ4v) is 2.47. The number of halogens is 2. The van der Waals surface area contributed by atoms with Gasteiger partial charge in [-0.05, 0) is 30.0 Å². The van der Waals surface area contributed by atoms with E-state index in [-0.39, 0.29) is 18.4 Å². The topological polar surface area (TPSA) is 44.5 Å². The Morgan fingerprint density at radius 2 is 1.88 bits per heavy atom. The number of hydrogen-bond acceptors (Lipinski definition) is 3. The van der Waals surface area contributed by atoms with Crippen LogP contribution in [0.5, 0.6) is 11.5 Å². The van der Waals surface area contributed by atoms with E-state index in [1.807, 2.05) is 12.1 Å². The molecule has 0 bridgehead atoms. The van der Waals surface area contributed by atoms with Crippen LogP contribution in [0.1, 0.15) is 31.9 Å². The molecule has 2 rings (SSSR count). The number of fused-ring (bicyclic) bond motifs is 1. The summed E-state index contributed by atoms with van der Waals surface area (Å²) < 4.78 is 11.6. The lowest BCUT2D eigenvalue weighted by atomic mass is 9.97. The molecule has 0 amide bonds. The summed E-state index contributed by atoms with van der Waals surface area (Å²) in [5, 5.41) is 0. The molecule has 96 valence electrons. The summed E-state index contributed by atoms with van der Waals surface area (Å²) in [5.41, 5.74) is 7.25. The number of benzene rings is 1. The standard InChI is InChI=1S/C12H16BrNO2.ClH/c1-7(2)3-10(14)8-4-11-12(5-9(8)13)16-6-15-11;/h4-5,7,10H,3,6,14H2,1-2H3;1H/t10-;/m0./s1. The number of ether oxygens (including phenoxy) is 2. The molecular formula is C12H17BrClNO2. The van der Waals surface area contributed by atoms with E-state index < -0.39 is 0 Å². The van der Waals surface area contributed by atoms with Gasteiger partial charge in [0, 0.05) is 10.5 Å². The van der Waals surface area contributed by atoms with Crippen molar-refractivity contribution in [3.63, 3.8) is 0 Å². The van der Waals surface area contributed by atoms with Crippen LogP contribution in [-0.4, -0.2) is 6.79 Å². The van der Waals surface area contributed by atoms with Gasteiger partial charge in [0.15, 0.2) is 11.5 Å². The molecule has 0 fully saturated rings. The highest BCUT2D eigenvalue weighted by atomic mass is 79.9. The molecule has 17 heavy (non-hydrogen) atoms. The normalized spacial score (nSPS) is 14.6. The Labute approximate surface area is 116 Å². The Morgan fingerprint density at radius 1 is 1.29 bits per heavy atom. The predicted octanol–water partition coefficient (Wildman–Crippen LogP) is 3.65. The molecule has 1 atom stereocenters. The van der Waals surface area contributed by atoms with Crippen LogP contribution in [0.25, 0.3) is 0 Å². The van der Waals surface area contributed by atoms with Gasteiger partial charge in [-0.2, -0.15) is 0 Å². The molecule has 1 aliphatic heterocycles. The van der Waals surface area contributed by atoms with Gasteiger partial charge in [-0.3, -0.25) is 0 Å². The fourth-order valence-electron chi connectivity index (χ4n) is 1.85. The molecule has 2 N–H and O–H groups in total. The van der Waals surface area contributed by atoms with Crippen molar-refractivity contribution in [1.82, 2.24) is 0 Å². The Kier molecular flexibility index (Phi) is 5.10. The van der Waals surface area contributed by atoms with Gasteiger partial charge in [-0.25, -0.2) is 0 Å². The molecule has 1 aromatic carbocycles. The van der Waals surface area contributed by atoms with Crippen LogP contribution >= 0.6 is 28.3 Å². The molecule has 0 radical (unpaired) electrons. The maximum absolute atomic E-state index is 6.16. The third-order valence-electron chi connectivity index (χ3n) is 2.62. The summed E-state index contributed by atoms with van der Waals surface area (Å²) in [6.07, 6.45) is 0.957. The molecule has 0 aromatic heterocycles. The zero-order chi connectivity index (χ0) is 11.7. The first kappa shape index (κ1) is 14.6. The quantitative estimate of drug-likeness (QED) is 0.924. The SMILES string of the molecule is CC(C)C[C@H](N)c1cc2c(cc1Br)OCO2.Cl. The Morgan fingerprint density at radius 3 is 2.47 bits per heavy atom. The van der Waals surface area contributed by atoms with Crippen LogP contribution < -0.4 is 15.2 Å². The van der Waals surface area contributed by atoms with E-state index >= 15 is 0 Å². The van der Waals surface area contributed by atoms with Crippen molar-refractivity contribution in [2.75, 3.05) is 6.79 Å². The fraction of sp³-hybridized carbons (Fsp3) is 0.500. The van der Waals surface area contributed by atoms with E-state index in [1.54, 1.807) is 0 Å². The lowest BCUT2D eigenvalue weighted by Gasteiger charge is -2.16. The van der Waals surface area contributed by atoms with E-state index in [1.165, 1.54) is 0 Å². The second kappa shape index (κ2) is 5.94. The Hall–Kier alpha value is -0.450. The highest BCUT2D eigenvalue weighted by Crippen LogP contribution is 2.39. The van der Waals surface area contributed by atoms with Crippen molar-refractivity contribution in [3.8, 4) is 11.5 Å². The largest absolute Gasteiger partial charge is 0.454 e. The first-order valence-corrected chi connectivity index (χ1v) is 6.22. The number of hydrogen-bond donors (Lipinski definition) is 1. The van der Waals surface area contributed by atoms with Crippen molar-refractivity contribution in [1.29, 1.82) is 0 Å². The van der Waals surface area contributed by atoms with E-state index in [2.05, 4.69) is 29.8 Å². The van der Waals surface area contributed by atoms with Gasteiger partial charge in [-0.1, -0.05) is 29.8 Å². The minimum Gasteiger partial charge on any atom is -0.454 e. The zero-order valence-corrected chi connectivity index (χ0v) is 12.3. The van der Waals surface area contributed by atoms with Crippen molar-refractivity contribution >= 4 is 28.3 Å². The van der Waals surface area contributed by atoms with Crippen molar-refractivity contribution in [2.24, 2.45) is 11.7 Å². The third kappa shape index (κ3) is 3.27. The zero-order valence-electron chi connectivity index (χ0n) is 9.90. The molecule has 0 spiro atoms. The van der Waals surface area contributed by atoms with Crippen molar-refractivity contribution in [2.45, 2.75) is 26.3 Å². The molecular weight excluding hydrogens is 305 g/mol. The summed E-state index contributed by atoms with van der Waals surface area (Å²) >= 11 is 3.52. The summed E-state index contributed by atoms with van der Waals surface area (Å²) in [5.74, 6) is 2.15. The number of nitrogens with two attached hydrogens (primary N) is 1. The van der Waals surface area contributed by atoms with Gasteiger partial charge < -0.3 is 15.2 Å². The predicted molar refractivity (Wildman–Crippen MR) is 73.9 cm³/mol. The van der Waals surface area contributed by atoms with Crippen LogP contribution in [0.3, 0.4) is 0 Å². The molecule has 3 nitrogen and oxygen atoms in total. The molecule has 0 saturated heterocycles. The first-order chi connectivity index (χ1) is 7.58. The molecule has 1 heterocycles. The highest BCUT2D eigenvalue weighted by Gasteiger charge is 2.19. The molecule has 0 aliphatic carbocycles. The maximum Gasteiger partial charge on any atom is 0.231 e. The van der Waals surface area contributed by atoms with Gasteiger partial charge in [0.2, 0.25) is 6.79 Å². The second-order valence-electron chi connectivity index (χ2n) is 4.46. The van der Waals surface area contributed by atoms with Gasteiger partial charge >= 0.3 is 0 Å². The van der Waals surface area contributed by atoms with E-state index in [4.69, 9.17) is 15.2 Å². The van der Waals surface area contributed by atoms with Crippen LogP contribution in [0.4, 0.5) is 0 Å². The van der Waals surface area contributed by atoms with Gasteiger partial charge in [-0.15, -0.1) is 12.4 Å². The Bertz CT molecular complexity index is 398. The second-order valence-corrected chi connectivity index (χ2v) is 5.32. The van der Waals surface area contributed by atoms with Gasteiger partial charge in [0.25, 0.3) is 0 Å². The first-order valence-electron chi connectivity index (χ1n) is 5.42. The van der Waals surface area contributed by atoms with Gasteiger partial charge in [0.1, 0.15) is 0 Å². The molecule has 1 aromatic rings. The summed E-state index contributed by atoms with van der Waals surface area (Å²) in [4.78, 5) is 0. The average molecular weight is 323 g/mol. The minimum absolute atomic E-state index is 0.